The zero-order chi connectivity index (χ0) is 13.0. The number of para-hydroxylation sites is 1. The molecule has 0 saturated heterocycles. The Kier molecular flexibility index (Phi) is 2.02. The molecule has 0 saturated carbocycles. The highest BCUT2D eigenvalue weighted by molar-refractivity contribution is 6.18. The molecule has 92 valence electrons. The topological polar surface area (TPSA) is 4.93 Å². The Balaban J connectivity index is 2.39. The second-order valence-electron chi connectivity index (χ2n) is 5.21. The fourth-order valence-corrected chi connectivity index (χ4v) is 3.27. The molecular weight excluding hydrogens is 230 g/mol. The van der Waals surface area contributed by atoms with E-state index in [2.05, 4.69) is 73.1 Å². The third-order valence-electron chi connectivity index (χ3n) is 4.10. The second-order valence-corrected chi connectivity index (χ2v) is 5.21. The predicted molar refractivity (Wildman–Crippen MR) is 82.7 cm³/mol. The van der Waals surface area contributed by atoms with Crippen molar-refractivity contribution in [2.45, 2.75) is 6.92 Å². The van der Waals surface area contributed by atoms with E-state index in [4.69, 9.17) is 0 Å². The summed E-state index contributed by atoms with van der Waals surface area (Å²) in [5.41, 5.74) is 4.01. The maximum atomic E-state index is 2.34. The van der Waals surface area contributed by atoms with Crippen LogP contribution in [0.1, 0.15) is 5.56 Å². The van der Waals surface area contributed by atoms with E-state index in [1.54, 1.807) is 0 Å². The van der Waals surface area contributed by atoms with Gasteiger partial charge >= 0.3 is 0 Å². The highest BCUT2D eigenvalue weighted by Crippen LogP contribution is 2.34. The summed E-state index contributed by atoms with van der Waals surface area (Å²) >= 11 is 0. The summed E-state index contributed by atoms with van der Waals surface area (Å²) in [6.07, 6.45) is 0. The highest BCUT2D eigenvalue weighted by atomic mass is 14.9. The minimum atomic E-state index is 1.30. The van der Waals surface area contributed by atoms with Crippen LogP contribution in [0.25, 0.3) is 32.6 Å². The van der Waals surface area contributed by atoms with Gasteiger partial charge in [0.15, 0.2) is 0 Å². The zero-order valence-electron chi connectivity index (χ0n) is 11.1. The second kappa shape index (κ2) is 3.61. The van der Waals surface area contributed by atoms with E-state index in [0.717, 1.165) is 0 Å². The summed E-state index contributed by atoms with van der Waals surface area (Å²) in [7, 11) is 2.17. The molecule has 0 bridgehead atoms. The first-order valence-corrected chi connectivity index (χ1v) is 6.63. The molecule has 4 rings (SSSR count). The number of rotatable bonds is 0. The van der Waals surface area contributed by atoms with Gasteiger partial charge < -0.3 is 4.57 Å². The molecule has 1 heterocycles. The van der Waals surface area contributed by atoms with Crippen LogP contribution in [0.3, 0.4) is 0 Å². The van der Waals surface area contributed by atoms with Crippen molar-refractivity contribution in [3.8, 4) is 0 Å². The lowest BCUT2D eigenvalue weighted by molar-refractivity contribution is 1.01. The number of aryl methyl sites for hydroxylation is 2. The predicted octanol–water partition coefficient (Wildman–Crippen LogP) is 4.79. The maximum absolute atomic E-state index is 2.34. The summed E-state index contributed by atoms with van der Waals surface area (Å²) in [6, 6.07) is 19.6. The lowest BCUT2D eigenvalue weighted by Gasteiger charge is -2.04. The molecule has 1 nitrogen and oxygen atoms in total. The largest absolute Gasteiger partial charge is 0.343 e. The maximum Gasteiger partial charge on any atom is 0.0568 e. The number of fused-ring (bicyclic) bond motifs is 5. The molecule has 0 aliphatic rings. The minimum absolute atomic E-state index is 1.30. The molecule has 0 N–H and O–H groups in total. The van der Waals surface area contributed by atoms with Gasteiger partial charge in [-0.25, -0.2) is 0 Å². The summed E-state index contributed by atoms with van der Waals surface area (Å²) in [6.45, 7) is 2.18. The van der Waals surface area contributed by atoms with Crippen LogP contribution >= 0.6 is 0 Å². The van der Waals surface area contributed by atoms with Crippen LogP contribution < -0.4 is 0 Å². The normalized spacial score (nSPS) is 11.7. The van der Waals surface area contributed by atoms with E-state index in [1.165, 1.54) is 38.1 Å². The van der Waals surface area contributed by atoms with Crippen molar-refractivity contribution in [3.05, 3.63) is 60.2 Å². The van der Waals surface area contributed by atoms with E-state index in [-0.39, 0.29) is 0 Å². The van der Waals surface area contributed by atoms with Crippen LogP contribution in [0.15, 0.2) is 54.6 Å². The standard InChI is InChI=1S/C18H15N/c1-12-6-5-9-15-16-11-10-13-7-3-4-8-14(13)18(16)19(2)17(12)15/h3-11H,1-2H3. The van der Waals surface area contributed by atoms with E-state index >= 15 is 0 Å². The van der Waals surface area contributed by atoms with Crippen molar-refractivity contribution in [1.29, 1.82) is 0 Å². The molecule has 3 aromatic carbocycles. The fraction of sp³-hybridized carbons (Fsp3) is 0.111. The first-order valence-electron chi connectivity index (χ1n) is 6.63. The van der Waals surface area contributed by atoms with Gasteiger partial charge in [-0.05, 0) is 17.9 Å². The van der Waals surface area contributed by atoms with Crippen molar-refractivity contribution < 1.29 is 0 Å². The number of nitrogens with zero attached hydrogens (tertiary/aromatic N) is 1. The lowest BCUT2D eigenvalue weighted by atomic mass is 10.1. The molecule has 19 heavy (non-hydrogen) atoms. The Morgan fingerprint density at radius 3 is 2.32 bits per heavy atom. The molecule has 1 heteroatoms. The highest BCUT2D eigenvalue weighted by Gasteiger charge is 2.11. The van der Waals surface area contributed by atoms with Crippen molar-refractivity contribution in [2.24, 2.45) is 7.05 Å². The number of hydrogen-bond acceptors (Lipinski definition) is 0. The molecule has 0 aliphatic carbocycles. The van der Waals surface area contributed by atoms with Gasteiger partial charge in [0.05, 0.1) is 11.0 Å². The third-order valence-corrected chi connectivity index (χ3v) is 4.10. The van der Waals surface area contributed by atoms with E-state index < -0.39 is 0 Å². The van der Waals surface area contributed by atoms with Gasteiger partial charge in [-0.15, -0.1) is 0 Å². The first kappa shape index (κ1) is 10.6. The van der Waals surface area contributed by atoms with E-state index in [1.807, 2.05) is 0 Å². The van der Waals surface area contributed by atoms with Gasteiger partial charge in [-0.3, -0.25) is 0 Å². The van der Waals surface area contributed by atoms with Crippen LogP contribution in [0.4, 0.5) is 0 Å². The molecule has 0 unspecified atom stereocenters. The Morgan fingerprint density at radius 2 is 1.42 bits per heavy atom. The Labute approximate surface area is 112 Å². The smallest absolute Gasteiger partial charge is 0.0568 e. The van der Waals surface area contributed by atoms with Gasteiger partial charge in [0.2, 0.25) is 0 Å². The summed E-state index contributed by atoms with van der Waals surface area (Å²) in [5.74, 6) is 0. The molecule has 1 aromatic heterocycles. The van der Waals surface area contributed by atoms with E-state index in [0.29, 0.717) is 0 Å². The van der Waals surface area contributed by atoms with Crippen LogP contribution in [0.5, 0.6) is 0 Å². The lowest BCUT2D eigenvalue weighted by Crippen LogP contribution is -1.89. The third kappa shape index (κ3) is 1.30. The quantitative estimate of drug-likeness (QED) is 0.419. The number of benzene rings is 3. The monoisotopic (exact) mass is 245 g/mol. The van der Waals surface area contributed by atoms with Gasteiger partial charge in [0.1, 0.15) is 0 Å². The molecule has 0 atom stereocenters. The molecule has 0 radical (unpaired) electrons. The van der Waals surface area contributed by atoms with Crippen LogP contribution in [-0.4, -0.2) is 4.57 Å². The van der Waals surface area contributed by atoms with Gasteiger partial charge in [-0.1, -0.05) is 54.6 Å². The zero-order valence-corrected chi connectivity index (χ0v) is 11.1. The van der Waals surface area contributed by atoms with Crippen molar-refractivity contribution in [2.75, 3.05) is 0 Å². The van der Waals surface area contributed by atoms with E-state index in [9.17, 15) is 0 Å². The molecule has 0 amide bonds. The Morgan fingerprint density at radius 1 is 0.684 bits per heavy atom. The van der Waals surface area contributed by atoms with Gasteiger partial charge in [0, 0.05) is 23.2 Å². The number of aromatic nitrogens is 1. The Bertz CT molecular complexity index is 929. The molecule has 0 fully saturated rings. The molecule has 4 aromatic rings. The van der Waals surface area contributed by atoms with Crippen LogP contribution in [0.2, 0.25) is 0 Å². The Hall–Kier alpha value is -2.28. The first-order chi connectivity index (χ1) is 9.27. The average Bonchev–Trinajstić information content (AvgIpc) is 2.74. The van der Waals surface area contributed by atoms with Crippen LogP contribution in [-0.2, 0) is 7.05 Å². The molecule has 0 spiro atoms. The van der Waals surface area contributed by atoms with Crippen molar-refractivity contribution in [1.82, 2.24) is 4.57 Å². The fourth-order valence-electron chi connectivity index (χ4n) is 3.27. The van der Waals surface area contributed by atoms with Gasteiger partial charge in [-0.2, -0.15) is 0 Å². The van der Waals surface area contributed by atoms with Crippen molar-refractivity contribution in [3.63, 3.8) is 0 Å². The van der Waals surface area contributed by atoms with Crippen molar-refractivity contribution >= 4 is 32.6 Å². The molecule has 0 aliphatic heterocycles. The van der Waals surface area contributed by atoms with Gasteiger partial charge in [0.25, 0.3) is 0 Å². The summed E-state index contributed by atoms with van der Waals surface area (Å²) < 4.78 is 2.34. The minimum Gasteiger partial charge on any atom is -0.343 e. The summed E-state index contributed by atoms with van der Waals surface area (Å²) in [4.78, 5) is 0. The summed E-state index contributed by atoms with van der Waals surface area (Å²) in [5, 5.41) is 5.33. The van der Waals surface area contributed by atoms with Crippen LogP contribution in [0, 0.1) is 6.92 Å². The average molecular weight is 245 g/mol. The number of hydrogen-bond donors (Lipinski definition) is 0. The molecular formula is C18H15N. The SMILES string of the molecule is Cc1cccc2c3ccc4ccccc4c3n(C)c12.